The minimum absolute atomic E-state index is 0.110. The van der Waals surface area contributed by atoms with Crippen LogP contribution in [0.15, 0.2) is 48.5 Å². The Labute approximate surface area is 167 Å². The quantitative estimate of drug-likeness (QED) is 0.721. The zero-order chi connectivity index (χ0) is 20.5. The first kappa shape index (κ1) is 21.5. The molecule has 0 unspecified atom stereocenters. The lowest BCUT2D eigenvalue weighted by molar-refractivity contribution is -0.142. The highest BCUT2D eigenvalue weighted by atomic mass is 16.5. The van der Waals surface area contributed by atoms with Crippen LogP contribution in [-0.4, -0.2) is 35.9 Å². The second-order valence-electron chi connectivity index (χ2n) is 7.09. The molecule has 2 rings (SSSR count). The molecule has 0 aliphatic heterocycles. The van der Waals surface area contributed by atoms with Crippen molar-refractivity contribution in [3.63, 3.8) is 0 Å². The number of rotatable bonds is 9. The smallest absolute Gasteiger partial charge is 0.261 e. The van der Waals surface area contributed by atoms with Gasteiger partial charge in [-0.05, 0) is 56.0 Å². The van der Waals surface area contributed by atoms with Crippen LogP contribution in [0.1, 0.15) is 37.0 Å². The fraction of sp³-hybridized carbons (Fsp3) is 0.391. The lowest BCUT2D eigenvalue weighted by Gasteiger charge is -2.28. The van der Waals surface area contributed by atoms with Crippen molar-refractivity contribution < 1.29 is 14.3 Å². The first-order valence-electron chi connectivity index (χ1n) is 9.73. The van der Waals surface area contributed by atoms with Crippen molar-refractivity contribution in [3.8, 4) is 5.75 Å². The minimum atomic E-state index is -0.581. The Kier molecular flexibility index (Phi) is 8.05. The molecule has 1 atom stereocenters. The van der Waals surface area contributed by atoms with Crippen molar-refractivity contribution >= 4 is 11.8 Å². The molecule has 2 amide bonds. The monoisotopic (exact) mass is 382 g/mol. The Morgan fingerprint density at radius 3 is 2.32 bits per heavy atom. The van der Waals surface area contributed by atoms with E-state index in [0.717, 1.165) is 23.1 Å². The van der Waals surface area contributed by atoms with Gasteiger partial charge in [-0.1, -0.05) is 43.3 Å². The van der Waals surface area contributed by atoms with Crippen molar-refractivity contribution in [1.29, 1.82) is 0 Å². The molecule has 5 heteroatoms. The highest BCUT2D eigenvalue weighted by molar-refractivity contribution is 5.87. The van der Waals surface area contributed by atoms with Crippen LogP contribution in [0.3, 0.4) is 0 Å². The zero-order valence-corrected chi connectivity index (χ0v) is 17.2. The van der Waals surface area contributed by atoms with Crippen molar-refractivity contribution in [2.24, 2.45) is 0 Å². The molecule has 2 aromatic carbocycles. The van der Waals surface area contributed by atoms with E-state index in [1.54, 1.807) is 11.8 Å². The van der Waals surface area contributed by atoms with Crippen LogP contribution in [0.25, 0.3) is 0 Å². The normalized spacial score (nSPS) is 11.6. The fourth-order valence-corrected chi connectivity index (χ4v) is 3.00. The van der Waals surface area contributed by atoms with Gasteiger partial charge in [0.25, 0.3) is 5.91 Å². The Morgan fingerprint density at radius 1 is 1.07 bits per heavy atom. The van der Waals surface area contributed by atoms with Gasteiger partial charge in [-0.25, -0.2) is 0 Å². The fourth-order valence-electron chi connectivity index (χ4n) is 3.00. The standard InChI is InChI=1S/C23H30N2O3/c1-5-11-24-23(27)19(4)25(15-20-9-7-6-8-10-20)22(26)16-28-21-13-17(2)12-18(3)14-21/h6-10,12-14,19H,5,11,15-16H2,1-4H3,(H,24,27)/t19-/m1/s1. The van der Waals surface area contributed by atoms with Crippen LogP contribution in [0, 0.1) is 13.8 Å². The lowest BCUT2D eigenvalue weighted by atomic mass is 10.1. The molecule has 0 saturated carbocycles. The molecule has 0 aromatic heterocycles. The summed E-state index contributed by atoms with van der Waals surface area (Å²) < 4.78 is 5.74. The van der Waals surface area contributed by atoms with Crippen LogP contribution in [-0.2, 0) is 16.1 Å². The summed E-state index contributed by atoms with van der Waals surface area (Å²) in [6.07, 6.45) is 0.848. The first-order valence-corrected chi connectivity index (χ1v) is 9.73. The average Bonchev–Trinajstić information content (AvgIpc) is 2.68. The van der Waals surface area contributed by atoms with Gasteiger partial charge in [-0.15, -0.1) is 0 Å². The minimum Gasteiger partial charge on any atom is -0.484 e. The molecule has 0 radical (unpaired) electrons. The van der Waals surface area contributed by atoms with Crippen molar-refractivity contribution in [2.45, 2.75) is 46.7 Å². The largest absolute Gasteiger partial charge is 0.484 e. The molecule has 0 spiro atoms. The number of aryl methyl sites for hydroxylation is 2. The van der Waals surface area contributed by atoms with Crippen molar-refractivity contribution in [3.05, 3.63) is 65.2 Å². The molecular weight excluding hydrogens is 352 g/mol. The number of hydrogen-bond donors (Lipinski definition) is 1. The molecular formula is C23H30N2O3. The molecule has 1 N–H and O–H groups in total. The van der Waals surface area contributed by atoms with Crippen LogP contribution < -0.4 is 10.1 Å². The van der Waals surface area contributed by atoms with E-state index in [2.05, 4.69) is 11.4 Å². The van der Waals surface area contributed by atoms with E-state index in [4.69, 9.17) is 4.74 Å². The lowest BCUT2D eigenvalue weighted by Crippen LogP contribution is -2.49. The molecule has 5 nitrogen and oxygen atoms in total. The first-order chi connectivity index (χ1) is 13.4. The number of amides is 2. The summed E-state index contributed by atoms with van der Waals surface area (Å²) in [5, 5.41) is 2.87. The predicted octanol–water partition coefficient (Wildman–Crippen LogP) is 3.63. The maximum Gasteiger partial charge on any atom is 0.261 e. The van der Waals surface area contributed by atoms with Crippen LogP contribution in [0.4, 0.5) is 0 Å². The summed E-state index contributed by atoms with van der Waals surface area (Å²) in [7, 11) is 0. The number of carbonyl (C=O) groups excluding carboxylic acids is 2. The van der Waals surface area contributed by atoms with Gasteiger partial charge in [0.1, 0.15) is 11.8 Å². The number of carbonyl (C=O) groups is 2. The summed E-state index contributed by atoms with van der Waals surface area (Å²) in [6.45, 7) is 8.57. The predicted molar refractivity (Wildman–Crippen MR) is 111 cm³/mol. The molecule has 0 heterocycles. The third kappa shape index (κ3) is 6.41. The Bertz CT molecular complexity index is 769. The summed E-state index contributed by atoms with van der Waals surface area (Å²) in [6, 6.07) is 14.9. The Morgan fingerprint density at radius 2 is 1.71 bits per heavy atom. The number of benzene rings is 2. The molecule has 28 heavy (non-hydrogen) atoms. The van der Waals surface area contributed by atoms with E-state index in [1.165, 1.54) is 0 Å². The average molecular weight is 383 g/mol. The molecule has 2 aromatic rings. The summed E-state index contributed by atoms with van der Waals surface area (Å²) in [5.41, 5.74) is 3.13. The molecule has 0 aliphatic rings. The van der Waals surface area contributed by atoms with Gasteiger partial charge in [-0.2, -0.15) is 0 Å². The number of nitrogens with zero attached hydrogens (tertiary/aromatic N) is 1. The third-order valence-electron chi connectivity index (χ3n) is 4.47. The van der Waals surface area contributed by atoms with E-state index < -0.39 is 6.04 Å². The summed E-state index contributed by atoms with van der Waals surface area (Å²) in [5.74, 6) is 0.285. The van der Waals surface area contributed by atoms with Crippen LogP contribution in [0.2, 0.25) is 0 Å². The number of hydrogen-bond acceptors (Lipinski definition) is 3. The van der Waals surface area contributed by atoms with Gasteiger partial charge in [-0.3, -0.25) is 9.59 Å². The number of ether oxygens (including phenoxy) is 1. The van der Waals surface area contributed by atoms with Crippen LogP contribution in [0.5, 0.6) is 5.75 Å². The van der Waals surface area contributed by atoms with Crippen molar-refractivity contribution in [1.82, 2.24) is 10.2 Å². The van der Waals surface area contributed by atoms with Gasteiger partial charge in [0.2, 0.25) is 5.91 Å². The van der Waals surface area contributed by atoms with E-state index in [1.807, 2.05) is 63.2 Å². The van der Waals surface area contributed by atoms with Gasteiger partial charge in [0.05, 0.1) is 0 Å². The van der Waals surface area contributed by atoms with Crippen LogP contribution >= 0.6 is 0 Å². The van der Waals surface area contributed by atoms with Gasteiger partial charge < -0.3 is 15.0 Å². The summed E-state index contributed by atoms with van der Waals surface area (Å²) >= 11 is 0. The Balaban J connectivity index is 2.12. The van der Waals surface area contributed by atoms with E-state index in [-0.39, 0.29) is 18.4 Å². The highest BCUT2D eigenvalue weighted by Crippen LogP contribution is 2.17. The SMILES string of the molecule is CCCNC(=O)[C@@H](C)N(Cc1ccccc1)C(=O)COc1cc(C)cc(C)c1. The van der Waals surface area contributed by atoms with Crippen molar-refractivity contribution in [2.75, 3.05) is 13.2 Å². The Hall–Kier alpha value is -2.82. The van der Waals surface area contributed by atoms with Gasteiger partial charge >= 0.3 is 0 Å². The number of nitrogens with one attached hydrogen (secondary N) is 1. The highest BCUT2D eigenvalue weighted by Gasteiger charge is 2.26. The maximum atomic E-state index is 12.9. The zero-order valence-electron chi connectivity index (χ0n) is 17.2. The van der Waals surface area contributed by atoms with Gasteiger partial charge in [0, 0.05) is 13.1 Å². The molecule has 0 bridgehead atoms. The molecule has 0 aliphatic carbocycles. The maximum absolute atomic E-state index is 12.9. The van der Waals surface area contributed by atoms with E-state index in [9.17, 15) is 9.59 Å². The second kappa shape index (κ2) is 10.5. The molecule has 150 valence electrons. The van der Waals surface area contributed by atoms with Gasteiger partial charge in [0.15, 0.2) is 6.61 Å². The second-order valence-corrected chi connectivity index (χ2v) is 7.09. The van der Waals surface area contributed by atoms with E-state index in [0.29, 0.717) is 18.8 Å². The third-order valence-corrected chi connectivity index (χ3v) is 4.47. The topological polar surface area (TPSA) is 58.6 Å². The van der Waals surface area contributed by atoms with E-state index >= 15 is 0 Å². The molecule has 0 fully saturated rings. The summed E-state index contributed by atoms with van der Waals surface area (Å²) in [4.78, 5) is 27.0. The molecule has 0 saturated heterocycles.